The van der Waals surface area contributed by atoms with E-state index >= 15 is 0 Å². The Morgan fingerprint density at radius 1 is 0.955 bits per heavy atom. The lowest BCUT2D eigenvalue weighted by atomic mass is 10.0. The van der Waals surface area contributed by atoms with Crippen molar-refractivity contribution in [2.24, 2.45) is 0 Å². The number of hydrogen-bond acceptors (Lipinski definition) is 5. The third kappa shape index (κ3) is 9.01. The maximum atomic E-state index is 14.0. The minimum atomic E-state index is -3.86. The van der Waals surface area contributed by atoms with Crippen LogP contribution in [0.5, 0.6) is 5.75 Å². The molecule has 4 rings (SSSR count). The molecule has 1 atom stereocenters. The largest absolute Gasteiger partial charge is 0.497 e. The van der Waals surface area contributed by atoms with E-state index in [-0.39, 0.29) is 49.5 Å². The third-order valence-electron chi connectivity index (χ3n) is 7.80. The Kier molecular flexibility index (Phi) is 11.3. The summed E-state index contributed by atoms with van der Waals surface area (Å²) in [6.07, 6.45) is 5.11. The molecule has 0 saturated heterocycles. The molecule has 236 valence electrons. The van der Waals surface area contributed by atoms with Crippen LogP contribution in [0.15, 0.2) is 72.8 Å². The summed E-state index contributed by atoms with van der Waals surface area (Å²) in [4.78, 5) is 29.4. The minimum absolute atomic E-state index is 0.0371. The molecular formula is C33H39F2N3O5S. The van der Waals surface area contributed by atoms with E-state index in [0.29, 0.717) is 12.2 Å². The first-order valence-electron chi connectivity index (χ1n) is 14.7. The summed E-state index contributed by atoms with van der Waals surface area (Å²) in [6, 6.07) is 18.8. The van der Waals surface area contributed by atoms with Gasteiger partial charge in [-0.1, -0.05) is 55.3 Å². The van der Waals surface area contributed by atoms with Crippen LogP contribution in [0.3, 0.4) is 0 Å². The second kappa shape index (κ2) is 15.1. The molecule has 1 saturated carbocycles. The summed E-state index contributed by atoms with van der Waals surface area (Å²) in [6.45, 7) is -0.00908. The first-order valence-corrected chi connectivity index (χ1v) is 16.6. The third-order valence-corrected chi connectivity index (χ3v) is 9.00. The van der Waals surface area contributed by atoms with Crippen LogP contribution in [-0.2, 0) is 32.6 Å². The number of hydrogen-bond donors (Lipinski definition) is 1. The van der Waals surface area contributed by atoms with Gasteiger partial charge in [0.15, 0.2) is 11.6 Å². The Labute approximate surface area is 258 Å². The first kappa shape index (κ1) is 32.9. The van der Waals surface area contributed by atoms with Gasteiger partial charge in [-0.05, 0) is 54.7 Å². The first-order chi connectivity index (χ1) is 21.0. The molecule has 3 aromatic rings. The van der Waals surface area contributed by atoms with Crippen molar-refractivity contribution >= 4 is 27.5 Å². The Bertz CT molecular complexity index is 1530. The van der Waals surface area contributed by atoms with Crippen molar-refractivity contribution in [3.63, 3.8) is 0 Å². The average molecular weight is 628 g/mol. The molecule has 0 heterocycles. The number of nitrogens with zero attached hydrogens (tertiary/aromatic N) is 2. The zero-order valence-corrected chi connectivity index (χ0v) is 25.9. The molecule has 1 aliphatic rings. The van der Waals surface area contributed by atoms with E-state index in [9.17, 15) is 26.8 Å². The zero-order chi connectivity index (χ0) is 31.7. The zero-order valence-electron chi connectivity index (χ0n) is 25.0. The summed E-state index contributed by atoms with van der Waals surface area (Å²) in [5, 5.41) is 3.16. The molecule has 0 unspecified atom stereocenters. The van der Waals surface area contributed by atoms with Crippen LogP contribution < -0.4 is 14.4 Å². The van der Waals surface area contributed by atoms with Crippen LogP contribution in [0.2, 0.25) is 0 Å². The van der Waals surface area contributed by atoms with Crippen molar-refractivity contribution in [2.45, 2.75) is 63.6 Å². The second-order valence-corrected chi connectivity index (χ2v) is 13.0. The Hall–Kier alpha value is -3.99. The van der Waals surface area contributed by atoms with Crippen molar-refractivity contribution in [2.75, 3.05) is 24.2 Å². The van der Waals surface area contributed by atoms with Crippen LogP contribution in [0.25, 0.3) is 0 Å². The lowest BCUT2D eigenvalue weighted by Gasteiger charge is -2.33. The minimum Gasteiger partial charge on any atom is -0.497 e. The summed E-state index contributed by atoms with van der Waals surface area (Å²) in [5.74, 6) is -2.23. The molecule has 1 fully saturated rings. The number of benzene rings is 3. The maximum absolute atomic E-state index is 14.0. The fraction of sp³-hybridized carbons (Fsp3) is 0.394. The molecule has 0 aromatic heterocycles. The van der Waals surface area contributed by atoms with Gasteiger partial charge in [0.2, 0.25) is 21.8 Å². The predicted molar refractivity (Wildman–Crippen MR) is 166 cm³/mol. The Morgan fingerprint density at radius 3 is 2.32 bits per heavy atom. The molecule has 44 heavy (non-hydrogen) atoms. The van der Waals surface area contributed by atoms with E-state index in [0.717, 1.165) is 59.5 Å². The van der Waals surface area contributed by atoms with Gasteiger partial charge in [-0.2, -0.15) is 0 Å². The second-order valence-electron chi connectivity index (χ2n) is 11.1. The monoisotopic (exact) mass is 627 g/mol. The number of sulfonamides is 1. The number of methoxy groups -OCH3 is 1. The molecule has 3 aromatic carbocycles. The normalized spacial score (nSPS) is 14.2. The van der Waals surface area contributed by atoms with Gasteiger partial charge in [0, 0.05) is 38.0 Å². The van der Waals surface area contributed by atoms with Gasteiger partial charge >= 0.3 is 0 Å². The lowest BCUT2D eigenvalue weighted by molar-refractivity contribution is -0.141. The van der Waals surface area contributed by atoms with E-state index in [1.165, 1.54) is 6.07 Å². The Morgan fingerprint density at radius 2 is 1.66 bits per heavy atom. The number of carbonyl (C=O) groups excluding carboxylic acids is 2. The Balaban J connectivity index is 1.60. The highest BCUT2D eigenvalue weighted by atomic mass is 32.2. The fourth-order valence-corrected chi connectivity index (χ4v) is 6.49. The highest BCUT2D eigenvalue weighted by Gasteiger charge is 2.32. The number of halogens is 2. The molecule has 0 bridgehead atoms. The van der Waals surface area contributed by atoms with Crippen LogP contribution in [-0.4, -0.2) is 57.1 Å². The average Bonchev–Trinajstić information content (AvgIpc) is 3.51. The number of rotatable bonds is 14. The quantitative estimate of drug-likeness (QED) is 0.265. The van der Waals surface area contributed by atoms with Crippen molar-refractivity contribution in [3.8, 4) is 5.75 Å². The molecule has 8 nitrogen and oxygen atoms in total. The predicted octanol–water partition coefficient (Wildman–Crippen LogP) is 5.22. The van der Waals surface area contributed by atoms with E-state index in [2.05, 4.69) is 5.32 Å². The number of carbonyl (C=O) groups is 2. The molecule has 0 spiro atoms. The van der Waals surface area contributed by atoms with Crippen LogP contribution in [0, 0.1) is 11.6 Å². The van der Waals surface area contributed by atoms with Crippen molar-refractivity contribution in [1.82, 2.24) is 10.2 Å². The SMILES string of the molecule is COc1cccc(CN(C(=O)CCCN(c2ccc(F)c(F)c2)S(C)(=O)=O)[C@H](Cc2ccccc2)C(=O)NC2CCCC2)c1. The van der Waals surface area contributed by atoms with Gasteiger partial charge in [-0.3, -0.25) is 13.9 Å². The van der Waals surface area contributed by atoms with E-state index in [1.54, 1.807) is 18.1 Å². The standard InChI is InChI=1S/C33H39F2N3O5S/c1-43-28-15-8-12-25(20-28)23-37(31(21-24-10-4-3-5-11-24)33(40)36-26-13-6-7-14-26)32(39)16-9-19-38(44(2,41)42)27-17-18-29(34)30(35)22-27/h3-5,8,10-12,15,17-18,20,22,26,31H,6-7,9,13-14,16,19,21,23H2,1-2H3,(H,36,40)/t31-/m1/s1. The van der Waals surface area contributed by atoms with Gasteiger partial charge in [0.1, 0.15) is 11.8 Å². The van der Waals surface area contributed by atoms with E-state index < -0.39 is 27.7 Å². The summed E-state index contributed by atoms with van der Waals surface area (Å²) >= 11 is 0. The van der Waals surface area contributed by atoms with Crippen LogP contribution >= 0.6 is 0 Å². The van der Waals surface area contributed by atoms with Gasteiger partial charge in [-0.25, -0.2) is 17.2 Å². The van der Waals surface area contributed by atoms with Crippen LogP contribution in [0.1, 0.15) is 49.7 Å². The topological polar surface area (TPSA) is 96.0 Å². The van der Waals surface area contributed by atoms with Crippen molar-refractivity contribution < 1.29 is 31.5 Å². The molecule has 11 heteroatoms. The highest BCUT2D eigenvalue weighted by Crippen LogP contribution is 2.24. The molecule has 0 radical (unpaired) electrons. The van der Waals surface area contributed by atoms with Crippen molar-refractivity contribution in [3.05, 3.63) is 95.6 Å². The summed E-state index contributed by atoms with van der Waals surface area (Å²) < 4.78 is 58.9. The van der Waals surface area contributed by atoms with Gasteiger partial charge in [-0.15, -0.1) is 0 Å². The maximum Gasteiger partial charge on any atom is 0.243 e. The number of ether oxygens (including phenoxy) is 1. The molecule has 1 aliphatic carbocycles. The van der Waals surface area contributed by atoms with Crippen LogP contribution in [0.4, 0.5) is 14.5 Å². The molecule has 0 aliphatic heterocycles. The van der Waals surface area contributed by atoms with Gasteiger partial charge < -0.3 is 15.0 Å². The summed E-state index contributed by atoms with van der Waals surface area (Å²) in [5.41, 5.74) is 1.62. The van der Waals surface area contributed by atoms with Gasteiger partial charge in [0.05, 0.1) is 19.1 Å². The fourth-order valence-electron chi connectivity index (χ4n) is 5.53. The smallest absolute Gasteiger partial charge is 0.243 e. The van der Waals surface area contributed by atoms with Gasteiger partial charge in [0.25, 0.3) is 0 Å². The van der Waals surface area contributed by atoms with E-state index in [1.807, 2.05) is 48.5 Å². The highest BCUT2D eigenvalue weighted by molar-refractivity contribution is 7.92. The number of anilines is 1. The molecule has 2 amide bonds. The molecular weight excluding hydrogens is 588 g/mol. The van der Waals surface area contributed by atoms with Crippen molar-refractivity contribution in [1.29, 1.82) is 0 Å². The molecule has 1 N–H and O–H groups in total. The number of amides is 2. The van der Waals surface area contributed by atoms with E-state index in [4.69, 9.17) is 4.74 Å². The summed E-state index contributed by atoms with van der Waals surface area (Å²) in [7, 11) is -2.31. The lowest BCUT2D eigenvalue weighted by Crippen LogP contribution is -2.52. The number of nitrogens with one attached hydrogen (secondary N) is 1.